The molecule has 2 aromatic heterocycles. The summed E-state index contributed by atoms with van der Waals surface area (Å²) in [4.78, 5) is 22.5. The number of ether oxygens (including phenoxy) is 2. The maximum Gasteiger partial charge on any atom is 0.257 e. The first-order valence-corrected chi connectivity index (χ1v) is 12.0. The van der Waals surface area contributed by atoms with Crippen LogP contribution in [-0.4, -0.2) is 55.7 Å². The first-order valence-electron chi connectivity index (χ1n) is 12.0. The third-order valence-electron chi connectivity index (χ3n) is 6.39. The Hall–Kier alpha value is -3.91. The van der Waals surface area contributed by atoms with Crippen molar-refractivity contribution in [2.24, 2.45) is 0 Å². The van der Waals surface area contributed by atoms with Gasteiger partial charge in [-0.15, -0.1) is 0 Å². The quantitative estimate of drug-likeness (QED) is 0.358. The number of halogens is 1. The summed E-state index contributed by atoms with van der Waals surface area (Å²) in [7, 11) is 1.64. The van der Waals surface area contributed by atoms with Gasteiger partial charge in [0.25, 0.3) is 5.91 Å². The van der Waals surface area contributed by atoms with Gasteiger partial charge >= 0.3 is 0 Å². The number of hydrogen-bond donors (Lipinski definition) is 0. The minimum atomic E-state index is -0.279. The Balaban J connectivity index is 1.50. The Morgan fingerprint density at radius 2 is 1.92 bits per heavy atom. The van der Waals surface area contributed by atoms with Crippen LogP contribution in [0.1, 0.15) is 21.5 Å². The van der Waals surface area contributed by atoms with Crippen LogP contribution in [0.2, 0.25) is 0 Å². The average Bonchev–Trinajstić information content (AvgIpc) is 3.46. The van der Waals surface area contributed by atoms with Gasteiger partial charge in [-0.3, -0.25) is 4.79 Å². The smallest absolute Gasteiger partial charge is 0.257 e. The largest absolute Gasteiger partial charge is 0.497 e. The van der Waals surface area contributed by atoms with E-state index in [1.165, 1.54) is 24.7 Å². The highest BCUT2D eigenvalue weighted by atomic mass is 19.1. The number of amides is 1. The Morgan fingerprint density at radius 3 is 2.64 bits per heavy atom. The number of pyridine rings is 1. The van der Waals surface area contributed by atoms with Crippen molar-refractivity contribution in [3.63, 3.8) is 0 Å². The summed E-state index contributed by atoms with van der Waals surface area (Å²) < 4.78 is 29.5. The summed E-state index contributed by atoms with van der Waals surface area (Å²) in [5.74, 6) is 1.17. The fourth-order valence-corrected chi connectivity index (χ4v) is 4.41. The molecule has 8 heteroatoms. The van der Waals surface area contributed by atoms with E-state index in [9.17, 15) is 9.18 Å². The topological polar surface area (TPSA) is 68.0 Å². The van der Waals surface area contributed by atoms with Crippen molar-refractivity contribution in [2.45, 2.75) is 13.0 Å². The first kappa shape index (κ1) is 23.8. The molecular weight excluding hydrogens is 461 g/mol. The zero-order valence-electron chi connectivity index (χ0n) is 20.2. The van der Waals surface area contributed by atoms with Crippen molar-refractivity contribution in [3.8, 4) is 5.75 Å². The number of carbonyl (C=O) groups excluding carboxylic acids is 1. The minimum absolute atomic E-state index is 0.131. The summed E-state index contributed by atoms with van der Waals surface area (Å²) in [6, 6.07) is 16.0. The lowest BCUT2D eigenvalue weighted by Crippen LogP contribution is -2.38. The first-order chi connectivity index (χ1) is 17.6. The number of benzene rings is 2. The van der Waals surface area contributed by atoms with Crippen molar-refractivity contribution in [1.29, 1.82) is 0 Å². The summed E-state index contributed by atoms with van der Waals surface area (Å²) in [6.07, 6.45) is 3.55. The lowest BCUT2D eigenvalue weighted by molar-refractivity contribution is 0.0744. The maximum absolute atomic E-state index is 13.5. The van der Waals surface area contributed by atoms with Crippen LogP contribution in [0.25, 0.3) is 10.9 Å². The second-order valence-corrected chi connectivity index (χ2v) is 8.74. The molecule has 5 rings (SSSR count). The van der Waals surface area contributed by atoms with E-state index in [0.717, 1.165) is 46.7 Å². The molecule has 0 saturated carbocycles. The Morgan fingerprint density at radius 1 is 1.11 bits per heavy atom. The fourth-order valence-electron chi connectivity index (χ4n) is 4.41. The van der Waals surface area contributed by atoms with E-state index >= 15 is 0 Å². The van der Waals surface area contributed by atoms with Gasteiger partial charge in [0.05, 0.1) is 37.7 Å². The molecule has 0 bridgehead atoms. The van der Waals surface area contributed by atoms with Gasteiger partial charge in [0.15, 0.2) is 0 Å². The summed E-state index contributed by atoms with van der Waals surface area (Å²) in [6.45, 7) is 3.52. The second kappa shape index (κ2) is 10.8. The molecule has 0 aliphatic carbocycles. The molecule has 3 heterocycles. The van der Waals surface area contributed by atoms with Gasteiger partial charge < -0.3 is 23.7 Å². The van der Waals surface area contributed by atoms with Gasteiger partial charge in [-0.1, -0.05) is 12.1 Å². The standard InChI is InChI=1S/C28H28FN3O4/c1-34-25-7-4-21-16-23(27(30-26(21)17-25)31-11-14-35-15-12-31)18-32(28(33)22-9-13-36-19-22)10-8-20-2-5-24(29)6-3-20/h2-7,9,13,16-17,19H,8,10-12,14-15,18H2,1H3. The van der Waals surface area contributed by atoms with Gasteiger partial charge in [-0.25, -0.2) is 9.37 Å². The molecule has 36 heavy (non-hydrogen) atoms. The molecule has 186 valence electrons. The Kier molecular flexibility index (Phi) is 7.13. The van der Waals surface area contributed by atoms with Crippen molar-refractivity contribution < 1.29 is 23.1 Å². The predicted octanol–water partition coefficient (Wildman–Crippen LogP) is 4.70. The van der Waals surface area contributed by atoms with Gasteiger partial charge in [-0.05, 0) is 48.4 Å². The molecule has 2 aromatic carbocycles. The van der Waals surface area contributed by atoms with E-state index < -0.39 is 0 Å². The van der Waals surface area contributed by atoms with E-state index in [1.54, 1.807) is 30.2 Å². The normalized spacial score (nSPS) is 13.7. The molecule has 1 fully saturated rings. The van der Waals surface area contributed by atoms with Crippen molar-refractivity contribution in [2.75, 3.05) is 44.9 Å². The van der Waals surface area contributed by atoms with Crippen LogP contribution >= 0.6 is 0 Å². The second-order valence-electron chi connectivity index (χ2n) is 8.74. The number of carbonyl (C=O) groups is 1. The molecule has 7 nitrogen and oxygen atoms in total. The van der Waals surface area contributed by atoms with Crippen LogP contribution in [0, 0.1) is 5.82 Å². The van der Waals surface area contributed by atoms with Gasteiger partial charge in [0.1, 0.15) is 23.6 Å². The molecule has 0 atom stereocenters. The molecule has 1 aliphatic heterocycles. The molecule has 0 N–H and O–H groups in total. The minimum Gasteiger partial charge on any atom is -0.497 e. The highest BCUT2D eigenvalue weighted by Gasteiger charge is 2.23. The van der Waals surface area contributed by atoms with Crippen LogP contribution in [0.5, 0.6) is 5.75 Å². The van der Waals surface area contributed by atoms with E-state index in [1.807, 2.05) is 18.2 Å². The number of morpholine rings is 1. The lowest BCUT2D eigenvalue weighted by atomic mass is 10.1. The van der Waals surface area contributed by atoms with E-state index in [2.05, 4.69) is 11.0 Å². The number of fused-ring (bicyclic) bond motifs is 1. The SMILES string of the molecule is COc1ccc2cc(CN(CCc3ccc(F)cc3)C(=O)c3ccoc3)c(N3CCOCC3)nc2c1. The Labute approximate surface area is 209 Å². The number of rotatable bonds is 8. The molecule has 1 saturated heterocycles. The highest BCUT2D eigenvalue weighted by Crippen LogP contribution is 2.28. The average molecular weight is 490 g/mol. The lowest BCUT2D eigenvalue weighted by Gasteiger charge is -2.31. The number of furan rings is 1. The molecule has 0 radical (unpaired) electrons. The number of nitrogens with zero attached hydrogens (tertiary/aromatic N) is 3. The number of methoxy groups -OCH3 is 1. The van der Waals surface area contributed by atoms with Crippen molar-refractivity contribution in [1.82, 2.24) is 9.88 Å². The van der Waals surface area contributed by atoms with Gasteiger partial charge in [0.2, 0.25) is 0 Å². The van der Waals surface area contributed by atoms with Crippen LogP contribution in [0.3, 0.4) is 0 Å². The molecule has 4 aromatic rings. The van der Waals surface area contributed by atoms with E-state index in [0.29, 0.717) is 38.3 Å². The zero-order chi connectivity index (χ0) is 24.9. The molecule has 1 aliphatic rings. The fraction of sp³-hybridized carbons (Fsp3) is 0.286. The van der Waals surface area contributed by atoms with Crippen molar-refractivity contribution >= 4 is 22.6 Å². The molecule has 1 amide bonds. The van der Waals surface area contributed by atoms with Crippen molar-refractivity contribution in [3.05, 3.63) is 89.6 Å². The third-order valence-corrected chi connectivity index (χ3v) is 6.39. The number of aromatic nitrogens is 1. The summed E-state index contributed by atoms with van der Waals surface area (Å²) in [5.41, 5.74) is 3.23. The van der Waals surface area contributed by atoms with Gasteiger partial charge in [-0.2, -0.15) is 0 Å². The van der Waals surface area contributed by atoms with Crippen LogP contribution < -0.4 is 9.64 Å². The maximum atomic E-state index is 13.5. The molecule has 0 unspecified atom stereocenters. The summed E-state index contributed by atoms with van der Waals surface area (Å²) in [5, 5.41) is 0.969. The third kappa shape index (κ3) is 5.33. The van der Waals surface area contributed by atoms with Crippen LogP contribution in [0.15, 0.2) is 71.5 Å². The van der Waals surface area contributed by atoms with E-state index in [4.69, 9.17) is 18.9 Å². The van der Waals surface area contributed by atoms with Crippen LogP contribution in [-0.2, 0) is 17.7 Å². The van der Waals surface area contributed by atoms with Gasteiger partial charge in [0, 0.05) is 43.2 Å². The Bertz CT molecular complexity index is 1320. The molecule has 0 spiro atoms. The molecular formula is C28H28FN3O4. The number of hydrogen-bond acceptors (Lipinski definition) is 6. The predicted molar refractivity (Wildman–Crippen MR) is 135 cm³/mol. The number of anilines is 1. The van der Waals surface area contributed by atoms with E-state index in [-0.39, 0.29) is 11.7 Å². The zero-order valence-corrected chi connectivity index (χ0v) is 20.2. The van der Waals surface area contributed by atoms with Crippen LogP contribution in [0.4, 0.5) is 10.2 Å². The monoisotopic (exact) mass is 489 g/mol. The highest BCUT2D eigenvalue weighted by molar-refractivity contribution is 5.94. The summed E-state index contributed by atoms with van der Waals surface area (Å²) >= 11 is 0.